The molecule has 108 valence electrons. The number of piperazine rings is 1. The number of nitrogens with one attached hydrogen (secondary N) is 1. The fourth-order valence-electron chi connectivity index (χ4n) is 2.41. The normalized spacial score (nSPS) is 18.8. The zero-order valence-electron chi connectivity index (χ0n) is 11.1. The number of rotatable bonds is 4. The molecule has 1 heterocycles. The van der Waals surface area contributed by atoms with Gasteiger partial charge in [-0.25, -0.2) is 4.39 Å². The molecule has 1 N–H and O–H groups in total. The van der Waals surface area contributed by atoms with E-state index in [1.807, 2.05) is 6.92 Å². The molecule has 0 aliphatic carbocycles. The van der Waals surface area contributed by atoms with Crippen LogP contribution in [0, 0.1) is 15.9 Å². The number of non-ortho nitro benzene ring substituents is 1. The van der Waals surface area contributed by atoms with Crippen molar-refractivity contribution >= 4 is 17.3 Å². The van der Waals surface area contributed by atoms with Gasteiger partial charge in [0.15, 0.2) is 5.82 Å². The van der Waals surface area contributed by atoms with Crippen molar-refractivity contribution in [1.29, 1.82) is 0 Å². The Hall–Kier alpha value is -2.18. The Morgan fingerprint density at radius 2 is 2.30 bits per heavy atom. The lowest BCUT2D eigenvalue weighted by Crippen LogP contribution is -2.55. The Balaban J connectivity index is 2.33. The van der Waals surface area contributed by atoms with Gasteiger partial charge in [-0.2, -0.15) is 0 Å². The third kappa shape index (κ3) is 2.71. The number of anilines is 1. The number of halogens is 1. The van der Waals surface area contributed by atoms with E-state index in [0.717, 1.165) is 12.5 Å². The quantitative estimate of drug-likeness (QED) is 0.675. The summed E-state index contributed by atoms with van der Waals surface area (Å²) in [5, 5.41) is 13.4. The second-order valence-corrected chi connectivity index (χ2v) is 4.68. The summed E-state index contributed by atoms with van der Waals surface area (Å²) in [7, 11) is 0. The molecule has 1 aliphatic heterocycles. The van der Waals surface area contributed by atoms with Crippen molar-refractivity contribution in [1.82, 2.24) is 5.32 Å². The van der Waals surface area contributed by atoms with Crippen molar-refractivity contribution in [3.05, 3.63) is 34.1 Å². The third-order valence-corrected chi connectivity index (χ3v) is 3.34. The summed E-state index contributed by atoms with van der Waals surface area (Å²) in [6.45, 7) is 2.88. The number of nitro groups is 1. The summed E-state index contributed by atoms with van der Waals surface area (Å²) in [4.78, 5) is 23.5. The molecule has 7 heteroatoms. The molecule has 0 radical (unpaired) electrons. The van der Waals surface area contributed by atoms with Gasteiger partial charge in [0.25, 0.3) is 5.69 Å². The predicted molar refractivity (Wildman–Crippen MR) is 72.1 cm³/mol. The van der Waals surface area contributed by atoms with Crippen molar-refractivity contribution in [3.63, 3.8) is 0 Å². The van der Waals surface area contributed by atoms with Crippen LogP contribution in [0.4, 0.5) is 15.8 Å². The molecule has 1 atom stereocenters. The number of carbonyl (C=O) groups excluding carboxylic acids is 1. The second kappa shape index (κ2) is 5.85. The van der Waals surface area contributed by atoms with E-state index in [1.54, 1.807) is 4.90 Å². The minimum Gasteiger partial charge on any atom is -0.355 e. The van der Waals surface area contributed by atoms with E-state index in [1.165, 1.54) is 12.1 Å². The Kier molecular flexibility index (Phi) is 4.16. The fourth-order valence-corrected chi connectivity index (χ4v) is 2.41. The second-order valence-electron chi connectivity index (χ2n) is 4.68. The van der Waals surface area contributed by atoms with Gasteiger partial charge in [-0.1, -0.05) is 13.3 Å². The maximum absolute atomic E-state index is 14.1. The summed E-state index contributed by atoms with van der Waals surface area (Å²) < 4.78 is 14.1. The molecule has 0 saturated carbocycles. The highest BCUT2D eigenvalue weighted by molar-refractivity contribution is 5.86. The lowest BCUT2D eigenvalue weighted by molar-refractivity contribution is -0.385. The minimum absolute atomic E-state index is 0.129. The van der Waals surface area contributed by atoms with Crippen LogP contribution in [0.1, 0.15) is 19.8 Å². The maximum atomic E-state index is 14.1. The molecule has 1 aromatic rings. The van der Waals surface area contributed by atoms with Gasteiger partial charge in [-0.3, -0.25) is 14.9 Å². The number of amides is 1. The highest BCUT2D eigenvalue weighted by atomic mass is 19.1. The first kappa shape index (κ1) is 14.2. The predicted octanol–water partition coefficient (Wildman–Crippen LogP) is 1.84. The van der Waals surface area contributed by atoms with E-state index in [-0.39, 0.29) is 17.3 Å². The molecule has 6 nitrogen and oxygen atoms in total. The first-order valence-electron chi connectivity index (χ1n) is 6.53. The van der Waals surface area contributed by atoms with Crippen LogP contribution < -0.4 is 10.2 Å². The van der Waals surface area contributed by atoms with Gasteiger partial charge in [0, 0.05) is 19.2 Å². The van der Waals surface area contributed by atoms with Crippen LogP contribution in [0.5, 0.6) is 0 Å². The van der Waals surface area contributed by atoms with Gasteiger partial charge in [-0.05, 0) is 12.5 Å². The molecular weight excluding hydrogens is 265 g/mol. The molecule has 1 amide bonds. The average molecular weight is 281 g/mol. The molecule has 0 aromatic heterocycles. The molecule has 1 aliphatic rings. The smallest absolute Gasteiger partial charge is 0.272 e. The van der Waals surface area contributed by atoms with Crippen molar-refractivity contribution in [2.75, 3.05) is 18.0 Å². The average Bonchev–Trinajstić information content (AvgIpc) is 2.41. The lowest BCUT2D eigenvalue weighted by atomic mass is 10.1. The Morgan fingerprint density at radius 3 is 2.90 bits per heavy atom. The van der Waals surface area contributed by atoms with E-state index in [4.69, 9.17) is 0 Å². The number of benzene rings is 1. The van der Waals surface area contributed by atoms with Crippen LogP contribution in [0.25, 0.3) is 0 Å². The number of carbonyl (C=O) groups is 1. The lowest BCUT2D eigenvalue weighted by Gasteiger charge is -2.36. The van der Waals surface area contributed by atoms with Crippen LogP contribution in [-0.4, -0.2) is 30.0 Å². The number of hydrogen-bond acceptors (Lipinski definition) is 4. The van der Waals surface area contributed by atoms with Crippen LogP contribution in [0.15, 0.2) is 18.2 Å². The largest absolute Gasteiger partial charge is 0.355 e. The standard InChI is InChI=1S/C13H16FN3O3/c1-2-3-12-13(18)15-6-7-16(12)11-5-4-9(17(19)20)8-10(11)14/h4-5,8,12H,2-3,6-7H2,1H3,(H,15,18). The van der Waals surface area contributed by atoms with Crippen LogP contribution in [0.2, 0.25) is 0 Å². The Labute approximate surface area is 115 Å². The zero-order chi connectivity index (χ0) is 14.7. The molecule has 0 bridgehead atoms. The van der Waals surface area contributed by atoms with E-state index >= 15 is 0 Å². The van der Waals surface area contributed by atoms with Crippen LogP contribution in [0.3, 0.4) is 0 Å². The van der Waals surface area contributed by atoms with Gasteiger partial charge in [0.2, 0.25) is 5.91 Å². The Bertz CT molecular complexity index is 536. The van der Waals surface area contributed by atoms with E-state index in [9.17, 15) is 19.3 Å². The monoisotopic (exact) mass is 281 g/mol. The fraction of sp³-hybridized carbons (Fsp3) is 0.462. The SMILES string of the molecule is CCCC1C(=O)NCCN1c1ccc([N+](=O)[O-])cc1F. The summed E-state index contributed by atoms with van der Waals surface area (Å²) in [5.74, 6) is -0.800. The molecule has 2 rings (SSSR count). The molecule has 1 unspecified atom stereocenters. The van der Waals surface area contributed by atoms with Gasteiger partial charge < -0.3 is 10.2 Å². The molecule has 1 saturated heterocycles. The van der Waals surface area contributed by atoms with Gasteiger partial charge in [0.1, 0.15) is 6.04 Å². The number of nitro benzene ring substituents is 1. The van der Waals surface area contributed by atoms with E-state index < -0.39 is 16.8 Å². The van der Waals surface area contributed by atoms with Crippen molar-refractivity contribution < 1.29 is 14.1 Å². The number of hydrogen-bond donors (Lipinski definition) is 1. The topological polar surface area (TPSA) is 75.5 Å². The summed E-state index contributed by atoms with van der Waals surface area (Å²) in [5.41, 5.74) is -0.0522. The van der Waals surface area contributed by atoms with Crippen molar-refractivity contribution in [2.24, 2.45) is 0 Å². The summed E-state index contributed by atoms with van der Waals surface area (Å²) in [6.07, 6.45) is 1.41. The molecular formula is C13H16FN3O3. The van der Waals surface area contributed by atoms with E-state index in [0.29, 0.717) is 19.5 Å². The summed E-state index contributed by atoms with van der Waals surface area (Å²) >= 11 is 0. The molecule has 1 aromatic carbocycles. The van der Waals surface area contributed by atoms with Crippen molar-refractivity contribution in [2.45, 2.75) is 25.8 Å². The van der Waals surface area contributed by atoms with Gasteiger partial charge in [0.05, 0.1) is 16.7 Å². The summed E-state index contributed by atoms with van der Waals surface area (Å²) in [6, 6.07) is 3.10. The highest BCUT2D eigenvalue weighted by Gasteiger charge is 2.30. The third-order valence-electron chi connectivity index (χ3n) is 3.34. The van der Waals surface area contributed by atoms with Crippen molar-refractivity contribution in [3.8, 4) is 0 Å². The highest BCUT2D eigenvalue weighted by Crippen LogP contribution is 2.27. The first-order chi connectivity index (χ1) is 9.54. The maximum Gasteiger partial charge on any atom is 0.272 e. The number of nitrogens with zero attached hydrogens (tertiary/aromatic N) is 2. The molecule has 1 fully saturated rings. The Morgan fingerprint density at radius 1 is 1.55 bits per heavy atom. The van der Waals surface area contributed by atoms with Gasteiger partial charge >= 0.3 is 0 Å². The van der Waals surface area contributed by atoms with Gasteiger partial charge in [-0.15, -0.1) is 0 Å². The van der Waals surface area contributed by atoms with Crippen LogP contribution in [-0.2, 0) is 4.79 Å². The minimum atomic E-state index is -0.671. The van der Waals surface area contributed by atoms with E-state index in [2.05, 4.69) is 5.32 Å². The first-order valence-corrected chi connectivity index (χ1v) is 6.53. The van der Waals surface area contributed by atoms with Crippen LogP contribution >= 0.6 is 0 Å². The molecule has 20 heavy (non-hydrogen) atoms. The molecule has 0 spiro atoms. The zero-order valence-corrected chi connectivity index (χ0v) is 11.1.